The largest absolute Gasteiger partial charge is 0.334 e. The van der Waals surface area contributed by atoms with Gasteiger partial charge in [-0.2, -0.15) is 5.26 Å². The van der Waals surface area contributed by atoms with E-state index in [1.807, 2.05) is 6.92 Å². The van der Waals surface area contributed by atoms with Crippen LogP contribution >= 0.6 is 11.3 Å². The van der Waals surface area contributed by atoms with Crippen molar-refractivity contribution in [2.24, 2.45) is 0 Å². The summed E-state index contributed by atoms with van der Waals surface area (Å²) in [4.78, 5) is 15.2. The summed E-state index contributed by atoms with van der Waals surface area (Å²) in [5.74, 6) is -0.0322. The Balaban J connectivity index is 2.32. The first-order chi connectivity index (χ1) is 7.67. The van der Waals surface area contributed by atoms with E-state index in [1.165, 1.54) is 23.0 Å². The van der Waals surface area contributed by atoms with Crippen molar-refractivity contribution in [1.29, 1.82) is 5.26 Å². The van der Waals surface area contributed by atoms with E-state index in [-0.39, 0.29) is 5.91 Å². The Bertz CT molecular complexity index is 496. The Morgan fingerprint density at radius 3 is 3.06 bits per heavy atom. The molecule has 0 atom stereocenters. The number of nitrogens with zero attached hydrogens (tertiary/aromatic N) is 2. The van der Waals surface area contributed by atoms with Gasteiger partial charge in [-0.1, -0.05) is 6.58 Å². The predicted molar refractivity (Wildman–Crippen MR) is 63.1 cm³/mol. The normalized spacial score (nSPS) is 14.1. The highest BCUT2D eigenvalue weighted by atomic mass is 32.1. The molecule has 4 heteroatoms. The van der Waals surface area contributed by atoms with Crippen LogP contribution in [0.3, 0.4) is 0 Å². The lowest BCUT2D eigenvalue weighted by Gasteiger charge is -2.26. The number of fused-ring (bicyclic) bond motifs is 1. The Morgan fingerprint density at radius 1 is 1.69 bits per heavy atom. The minimum atomic E-state index is -0.0322. The van der Waals surface area contributed by atoms with Crippen LogP contribution in [-0.4, -0.2) is 17.4 Å². The molecule has 0 unspecified atom stereocenters. The van der Waals surface area contributed by atoms with E-state index in [9.17, 15) is 4.79 Å². The molecule has 0 saturated heterocycles. The Morgan fingerprint density at radius 2 is 2.44 bits per heavy atom. The van der Waals surface area contributed by atoms with Gasteiger partial charge in [-0.25, -0.2) is 0 Å². The number of hydrogen-bond acceptors (Lipinski definition) is 3. The molecule has 3 nitrogen and oxygen atoms in total. The molecule has 0 aromatic carbocycles. The Hall–Kier alpha value is -1.60. The van der Waals surface area contributed by atoms with E-state index < -0.39 is 0 Å². The maximum Gasteiger partial charge on any atom is 0.246 e. The van der Waals surface area contributed by atoms with Crippen molar-refractivity contribution in [3.8, 4) is 6.07 Å². The van der Waals surface area contributed by atoms with E-state index >= 15 is 0 Å². The number of rotatable bonds is 1. The minimum absolute atomic E-state index is 0.0322. The van der Waals surface area contributed by atoms with Gasteiger partial charge < -0.3 is 4.90 Å². The van der Waals surface area contributed by atoms with Crippen LogP contribution in [-0.2, 0) is 17.8 Å². The number of carbonyl (C=O) groups is 1. The predicted octanol–water partition coefficient (Wildman–Crippen LogP) is 2.00. The second kappa shape index (κ2) is 4.11. The number of carbonyl (C=O) groups excluding carboxylic acids is 1. The summed E-state index contributed by atoms with van der Waals surface area (Å²) in [6, 6.07) is 2.21. The summed E-state index contributed by atoms with van der Waals surface area (Å²) in [6.07, 6.45) is 2.19. The number of nitriles is 1. The standard InChI is InChI=1S/C12H12N2OS/c1-3-12(15)14-5-4-9-8(2)10(6-13)16-11(9)7-14/h3H,1,4-5,7H2,2H3. The third-order valence-corrected chi connectivity index (χ3v) is 4.13. The highest BCUT2D eigenvalue weighted by Gasteiger charge is 2.23. The number of thiophene rings is 1. The van der Waals surface area contributed by atoms with E-state index in [0.29, 0.717) is 6.54 Å². The van der Waals surface area contributed by atoms with Gasteiger partial charge in [0.2, 0.25) is 5.91 Å². The maximum atomic E-state index is 11.5. The molecule has 0 bridgehead atoms. The molecule has 1 aromatic heterocycles. The summed E-state index contributed by atoms with van der Waals surface area (Å²) in [5.41, 5.74) is 2.35. The maximum absolute atomic E-state index is 11.5. The van der Waals surface area contributed by atoms with Gasteiger partial charge >= 0.3 is 0 Å². The molecule has 2 heterocycles. The van der Waals surface area contributed by atoms with Gasteiger partial charge in [0, 0.05) is 11.4 Å². The molecular formula is C12H12N2OS. The molecule has 1 aliphatic heterocycles. The molecule has 1 aromatic rings. The molecule has 0 N–H and O–H groups in total. The molecule has 0 spiro atoms. The zero-order valence-electron chi connectivity index (χ0n) is 9.12. The third-order valence-electron chi connectivity index (χ3n) is 2.91. The summed E-state index contributed by atoms with van der Waals surface area (Å²) in [7, 11) is 0. The molecular weight excluding hydrogens is 220 g/mol. The molecule has 2 rings (SSSR count). The van der Waals surface area contributed by atoms with Crippen LogP contribution in [0.5, 0.6) is 0 Å². The van der Waals surface area contributed by atoms with Crippen molar-refractivity contribution >= 4 is 17.2 Å². The first-order valence-corrected chi connectivity index (χ1v) is 5.91. The highest BCUT2D eigenvalue weighted by molar-refractivity contribution is 7.12. The molecule has 82 valence electrons. The fourth-order valence-electron chi connectivity index (χ4n) is 1.99. The number of amides is 1. The quantitative estimate of drug-likeness (QED) is 0.695. The zero-order chi connectivity index (χ0) is 11.7. The summed E-state index contributed by atoms with van der Waals surface area (Å²) >= 11 is 1.50. The summed E-state index contributed by atoms with van der Waals surface area (Å²) < 4.78 is 0. The monoisotopic (exact) mass is 232 g/mol. The number of hydrogen-bond donors (Lipinski definition) is 0. The van der Waals surface area contributed by atoms with Crippen molar-refractivity contribution in [3.63, 3.8) is 0 Å². The molecule has 1 aliphatic rings. The van der Waals surface area contributed by atoms with Gasteiger partial charge in [0.15, 0.2) is 0 Å². The van der Waals surface area contributed by atoms with Crippen LogP contribution < -0.4 is 0 Å². The average Bonchev–Trinajstić information content (AvgIpc) is 2.64. The molecule has 16 heavy (non-hydrogen) atoms. The van der Waals surface area contributed by atoms with E-state index in [2.05, 4.69) is 12.6 Å². The second-order valence-electron chi connectivity index (χ2n) is 3.78. The smallest absolute Gasteiger partial charge is 0.246 e. The topological polar surface area (TPSA) is 44.1 Å². The third kappa shape index (κ3) is 1.63. The van der Waals surface area contributed by atoms with Crippen molar-refractivity contribution in [3.05, 3.63) is 33.5 Å². The Kier molecular flexibility index (Phi) is 2.80. The van der Waals surface area contributed by atoms with Crippen molar-refractivity contribution in [2.45, 2.75) is 19.9 Å². The van der Waals surface area contributed by atoms with Gasteiger partial charge in [-0.05, 0) is 30.5 Å². The molecule has 1 amide bonds. The molecule has 0 fully saturated rings. The highest BCUT2D eigenvalue weighted by Crippen LogP contribution is 2.32. The SMILES string of the molecule is C=CC(=O)N1CCc2c(sc(C#N)c2C)C1. The lowest BCUT2D eigenvalue weighted by atomic mass is 10.0. The molecule has 0 aliphatic carbocycles. The Labute approximate surface area is 98.6 Å². The summed E-state index contributed by atoms with van der Waals surface area (Å²) in [6.45, 7) is 6.82. The lowest BCUT2D eigenvalue weighted by molar-refractivity contribution is -0.126. The van der Waals surface area contributed by atoms with Gasteiger partial charge in [-0.15, -0.1) is 11.3 Å². The van der Waals surface area contributed by atoms with Crippen LogP contribution in [0, 0.1) is 18.3 Å². The van der Waals surface area contributed by atoms with E-state index in [4.69, 9.17) is 5.26 Å². The van der Waals surface area contributed by atoms with Crippen LogP contribution in [0.2, 0.25) is 0 Å². The van der Waals surface area contributed by atoms with Gasteiger partial charge in [0.1, 0.15) is 10.9 Å². The molecule has 0 radical (unpaired) electrons. The van der Waals surface area contributed by atoms with E-state index in [0.717, 1.165) is 28.3 Å². The lowest BCUT2D eigenvalue weighted by Crippen LogP contribution is -2.34. The summed E-state index contributed by atoms with van der Waals surface area (Å²) in [5, 5.41) is 8.95. The van der Waals surface area contributed by atoms with Crippen LogP contribution in [0.1, 0.15) is 20.9 Å². The first kappa shape index (κ1) is 10.9. The van der Waals surface area contributed by atoms with Gasteiger partial charge in [0.05, 0.1) is 6.54 Å². The molecule has 0 saturated carbocycles. The van der Waals surface area contributed by atoms with E-state index in [1.54, 1.807) is 4.90 Å². The van der Waals surface area contributed by atoms with Crippen molar-refractivity contribution in [2.75, 3.05) is 6.54 Å². The van der Waals surface area contributed by atoms with Gasteiger partial charge in [-0.3, -0.25) is 4.79 Å². The van der Waals surface area contributed by atoms with Crippen molar-refractivity contribution in [1.82, 2.24) is 4.90 Å². The minimum Gasteiger partial charge on any atom is -0.334 e. The van der Waals surface area contributed by atoms with Crippen LogP contribution in [0.4, 0.5) is 0 Å². The van der Waals surface area contributed by atoms with Crippen LogP contribution in [0.15, 0.2) is 12.7 Å². The fraction of sp³-hybridized carbons (Fsp3) is 0.333. The first-order valence-electron chi connectivity index (χ1n) is 5.10. The average molecular weight is 232 g/mol. The second-order valence-corrected chi connectivity index (χ2v) is 4.89. The van der Waals surface area contributed by atoms with Gasteiger partial charge in [0.25, 0.3) is 0 Å². The fourth-order valence-corrected chi connectivity index (χ4v) is 3.15. The zero-order valence-corrected chi connectivity index (χ0v) is 9.93. The van der Waals surface area contributed by atoms with Crippen molar-refractivity contribution < 1.29 is 4.79 Å². The van der Waals surface area contributed by atoms with Crippen LogP contribution in [0.25, 0.3) is 0 Å².